The summed E-state index contributed by atoms with van der Waals surface area (Å²) in [6, 6.07) is 0. The molecule has 0 amide bonds. The maximum atomic E-state index is 9.07. The van der Waals surface area contributed by atoms with E-state index in [1.54, 1.807) is 0 Å². The molecule has 3 N–H and O–H groups in total. The highest BCUT2D eigenvalue weighted by Crippen LogP contribution is 2.28. The number of unbranched alkanes of at least 4 members (excludes halogenated alkanes) is 3. The highest BCUT2D eigenvalue weighted by molar-refractivity contribution is 4.70. The summed E-state index contributed by atoms with van der Waals surface area (Å²) in [5.74, 6) is 0. The lowest BCUT2D eigenvalue weighted by Crippen LogP contribution is -2.27. The minimum Gasteiger partial charge on any atom is -0.379 e. The molecule has 0 spiro atoms. The van der Waals surface area contributed by atoms with E-state index in [9.17, 15) is 0 Å². The molecule has 2 nitrogen and oxygen atoms in total. The van der Waals surface area contributed by atoms with Crippen LogP contribution in [-0.2, 0) is 0 Å². The number of nitrogens with two attached hydrogens (primary N) is 1. The van der Waals surface area contributed by atoms with Gasteiger partial charge < -0.3 is 10.8 Å². The van der Waals surface area contributed by atoms with Gasteiger partial charge in [0.2, 0.25) is 0 Å². The van der Waals surface area contributed by atoms with E-state index in [-0.39, 0.29) is 5.41 Å². The van der Waals surface area contributed by atoms with Crippen molar-refractivity contribution < 1.29 is 5.11 Å². The molecule has 0 radical (unpaired) electrons. The molecule has 0 heterocycles. The van der Waals surface area contributed by atoms with E-state index in [0.29, 0.717) is 6.42 Å². The molecule has 0 aromatic heterocycles. The van der Waals surface area contributed by atoms with Gasteiger partial charge in [0.15, 0.2) is 0 Å². The van der Waals surface area contributed by atoms with Crippen LogP contribution in [0, 0.1) is 5.41 Å². The Balaban J connectivity index is 3.50. The first-order chi connectivity index (χ1) is 5.98. The van der Waals surface area contributed by atoms with Gasteiger partial charge >= 0.3 is 0 Å². The smallest absolute Gasteiger partial charge is 0.102 e. The maximum absolute atomic E-state index is 9.07. The summed E-state index contributed by atoms with van der Waals surface area (Å²) in [4.78, 5) is 0. The SMILES string of the molecule is CCCCCCC(C)(C)CC(N)O. The van der Waals surface area contributed by atoms with Crippen LogP contribution in [0.4, 0.5) is 0 Å². The van der Waals surface area contributed by atoms with Crippen molar-refractivity contribution in [1.29, 1.82) is 0 Å². The minimum absolute atomic E-state index is 0.196. The van der Waals surface area contributed by atoms with Gasteiger partial charge in [0.1, 0.15) is 6.23 Å². The van der Waals surface area contributed by atoms with E-state index in [1.807, 2.05) is 0 Å². The van der Waals surface area contributed by atoms with Gasteiger partial charge in [-0.3, -0.25) is 0 Å². The molecule has 1 unspecified atom stereocenters. The number of hydrogen-bond donors (Lipinski definition) is 2. The normalized spacial score (nSPS) is 14.5. The monoisotopic (exact) mass is 187 g/mol. The third-order valence-corrected chi connectivity index (χ3v) is 2.47. The molecule has 0 saturated heterocycles. The summed E-state index contributed by atoms with van der Waals surface area (Å²) in [5, 5.41) is 9.07. The van der Waals surface area contributed by atoms with Crippen LogP contribution in [0.25, 0.3) is 0 Å². The molecule has 0 fully saturated rings. The largest absolute Gasteiger partial charge is 0.379 e. The molecule has 2 heteroatoms. The quantitative estimate of drug-likeness (QED) is 0.475. The van der Waals surface area contributed by atoms with Crippen molar-refractivity contribution in [2.75, 3.05) is 0 Å². The van der Waals surface area contributed by atoms with Crippen LogP contribution in [0.15, 0.2) is 0 Å². The van der Waals surface area contributed by atoms with Crippen molar-refractivity contribution >= 4 is 0 Å². The maximum Gasteiger partial charge on any atom is 0.102 e. The molecule has 0 aliphatic carbocycles. The van der Waals surface area contributed by atoms with E-state index in [4.69, 9.17) is 10.8 Å². The molecule has 0 rings (SSSR count). The lowest BCUT2D eigenvalue weighted by atomic mass is 9.83. The van der Waals surface area contributed by atoms with Crippen LogP contribution in [-0.4, -0.2) is 11.3 Å². The second kappa shape index (κ2) is 6.39. The Bertz CT molecular complexity index is 121. The predicted molar refractivity (Wildman–Crippen MR) is 57.4 cm³/mol. The highest BCUT2D eigenvalue weighted by Gasteiger charge is 2.19. The predicted octanol–water partition coefficient (Wildman–Crippen LogP) is 2.65. The lowest BCUT2D eigenvalue weighted by molar-refractivity contribution is 0.113. The summed E-state index contributed by atoms with van der Waals surface area (Å²) in [6.45, 7) is 6.57. The molecule has 0 bridgehead atoms. The van der Waals surface area contributed by atoms with Gasteiger partial charge in [0.25, 0.3) is 0 Å². The van der Waals surface area contributed by atoms with Crippen molar-refractivity contribution in [1.82, 2.24) is 0 Å². The third-order valence-electron chi connectivity index (χ3n) is 2.47. The van der Waals surface area contributed by atoms with Crippen molar-refractivity contribution in [3.05, 3.63) is 0 Å². The van der Waals surface area contributed by atoms with Gasteiger partial charge in [0.05, 0.1) is 0 Å². The zero-order chi connectivity index (χ0) is 10.3. The Morgan fingerprint density at radius 1 is 1.23 bits per heavy atom. The molecule has 0 aliphatic rings. The Kier molecular flexibility index (Phi) is 6.35. The zero-order valence-electron chi connectivity index (χ0n) is 9.34. The van der Waals surface area contributed by atoms with E-state index in [0.717, 1.165) is 0 Å². The van der Waals surface area contributed by atoms with Crippen LogP contribution in [0.5, 0.6) is 0 Å². The molecule has 0 aromatic rings. The Labute approximate surface area is 82.5 Å². The molecule has 0 aliphatic heterocycles. The zero-order valence-corrected chi connectivity index (χ0v) is 9.34. The minimum atomic E-state index is -0.652. The van der Waals surface area contributed by atoms with Crippen molar-refractivity contribution in [2.24, 2.45) is 11.1 Å². The van der Waals surface area contributed by atoms with E-state index in [1.165, 1.54) is 32.1 Å². The van der Waals surface area contributed by atoms with Crippen molar-refractivity contribution in [2.45, 2.75) is 65.5 Å². The van der Waals surface area contributed by atoms with E-state index >= 15 is 0 Å². The van der Waals surface area contributed by atoms with Gasteiger partial charge in [-0.25, -0.2) is 0 Å². The van der Waals surface area contributed by atoms with Crippen molar-refractivity contribution in [3.8, 4) is 0 Å². The molecule has 0 saturated carbocycles. The molecule has 0 aromatic carbocycles. The Morgan fingerprint density at radius 3 is 2.31 bits per heavy atom. The number of aliphatic hydroxyl groups is 1. The molecular weight excluding hydrogens is 162 g/mol. The average molecular weight is 187 g/mol. The molecule has 13 heavy (non-hydrogen) atoms. The first-order valence-electron chi connectivity index (χ1n) is 5.41. The fraction of sp³-hybridized carbons (Fsp3) is 1.00. The summed E-state index contributed by atoms with van der Waals surface area (Å²) < 4.78 is 0. The first-order valence-corrected chi connectivity index (χ1v) is 5.41. The number of aliphatic hydroxyl groups excluding tert-OH is 1. The van der Waals surface area contributed by atoms with Gasteiger partial charge in [-0.15, -0.1) is 0 Å². The summed E-state index contributed by atoms with van der Waals surface area (Å²) in [6.07, 6.45) is 6.39. The van der Waals surface area contributed by atoms with Gasteiger partial charge in [-0.2, -0.15) is 0 Å². The van der Waals surface area contributed by atoms with Crippen LogP contribution >= 0.6 is 0 Å². The van der Waals surface area contributed by atoms with E-state index in [2.05, 4.69) is 20.8 Å². The van der Waals surface area contributed by atoms with Crippen LogP contribution < -0.4 is 5.73 Å². The van der Waals surface area contributed by atoms with Gasteiger partial charge in [-0.1, -0.05) is 46.5 Å². The van der Waals surface area contributed by atoms with Gasteiger partial charge in [0, 0.05) is 0 Å². The topological polar surface area (TPSA) is 46.2 Å². The third kappa shape index (κ3) is 8.26. The van der Waals surface area contributed by atoms with E-state index < -0.39 is 6.23 Å². The number of hydrogen-bond acceptors (Lipinski definition) is 2. The second-order valence-electron chi connectivity index (χ2n) is 4.75. The number of rotatable bonds is 7. The summed E-state index contributed by atoms with van der Waals surface area (Å²) in [7, 11) is 0. The average Bonchev–Trinajstić information content (AvgIpc) is 1.95. The molecular formula is C11H25NO. The fourth-order valence-corrected chi connectivity index (χ4v) is 1.70. The highest BCUT2D eigenvalue weighted by atomic mass is 16.3. The Morgan fingerprint density at radius 2 is 1.85 bits per heavy atom. The Hall–Kier alpha value is -0.0800. The molecule has 1 atom stereocenters. The van der Waals surface area contributed by atoms with Crippen LogP contribution in [0.1, 0.15) is 59.3 Å². The molecule has 80 valence electrons. The van der Waals surface area contributed by atoms with Crippen molar-refractivity contribution in [3.63, 3.8) is 0 Å². The summed E-state index contributed by atoms with van der Waals surface area (Å²) >= 11 is 0. The summed E-state index contributed by atoms with van der Waals surface area (Å²) in [5.41, 5.74) is 5.56. The fourth-order valence-electron chi connectivity index (χ4n) is 1.70. The van der Waals surface area contributed by atoms with Crippen LogP contribution in [0.3, 0.4) is 0 Å². The lowest BCUT2D eigenvalue weighted by Gasteiger charge is -2.25. The second-order valence-corrected chi connectivity index (χ2v) is 4.75. The standard InChI is InChI=1S/C11H25NO/c1-4-5-6-7-8-11(2,3)9-10(12)13/h10,13H,4-9,12H2,1-3H3. The van der Waals surface area contributed by atoms with Crippen LogP contribution in [0.2, 0.25) is 0 Å². The van der Waals surface area contributed by atoms with Gasteiger partial charge in [-0.05, 0) is 18.3 Å². The first kappa shape index (κ1) is 12.9.